The molecule has 0 bridgehead atoms. The zero-order valence-electron chi connectivity index (χ0n) is 15.5. The van der Waals surface area contributed by atoms with E-state index in [2.05, 4.69) is 21.3 Å². The van der Waals surface area contributed by atoms with Gasteiger partial charge in [-0.05, 0) is 34.6 Å². The van der Waals surface area contributed by atoms with Gasteiger partial charge in [0.1, 0.15) is 24.2 Å². The third-order valence-electron chi connectivity index (χ3n) is 3.40. The Morgan fingerprint density at radius 3 is 1.15 bits per heavy atom. The van der Waals surface area contributed by atoms with E-state index in [4.69, 9.17) is 10.8 Å². The maximum atomic E-state index is 12.0. The van der Waals surface area contributed by atoms with Gasteiger partial charge in [0, 0.05) is 0 Å². The Hall–Kier alpha value is -2.69. The summed E-state index contributed by atoms with van der Waals surface area (Å²) in [5, 5.41) is 18.1. The fraction of sp³-hybridized carbons (Fsp3) is 0.667. The molecule has 0 aromatic rings. The number of hydrogen-bond acceptors (Lipinski definition) is 6. The Morgan fingerprint density at radius 1 is 0.615 bits per heavy atom. The number of carbonyl (C=O) groups is 5. The molecule has 7 N–H and O–H groups in total. The molecular weight excluding hydrogens is 346 g/mol. The van der Waals surface area contributed by atoms with Gasteiger partial charge in [-0.25, -0.2) is 0 Å². The van der Waals surface area contributed by atoms with Crippen LogP contribution in [0.25, 0.3) is 0 Å². The molecule has 0 aliphatic carbocycles. The van der Waals surface area contributed by atoms with Gasteiger partial charge in [0.05, 0.1) is 6.04 Å². The molecule has 0 saturated heterocycles. The number of carboxylic acids is 1. The standard InChI is InChI=1S/C15H27N5O6/c1-6(16)11(21)17-7(2)12(22)18-8(3)13(23)19-9(4)14(24)20-10(5)15(25)26/h6-10H,16H2,1-5H3,(H,17,21)(H,18,22)(H,19,23)(H,20,24)(H,25,26)/t6-,7-,8-,9-,10+/m0/s1. The van der Waals surface area contributed by atoms with Gasteiger partial charge in [-0.3, -0.25) is 24.0 Å². The van der Waals surface area contributed by atoms with Crippen molar-refractivity contribution in [2.24, 2.45) is 5.73 Å². The Kier molecular flexibility index (Phi) is 9.27. The van der Waals surface area contributed by atoms with Gasteiger partial charge in [-0.1, -0.05) is 0 Å². The number of hydrogen-bond donors (Lipinski definition) is 6. The number of carboxylic acid groups (broad SMARTS) is 1. The van der Waals surface area contributed by atoms with E-state index < -0.39 is 59.8 Å². The lowest BCUT2D eigenvalue weighted by Crippen LogP contribution is -2.56. The van der Waals surface area contributed by atoms with Crippen molar-refractivity contribution in [1.82, 2.24) is 21.3 Å². The van der Waals surface area contributed by atoms with E-state index in [9.17, 15) is 24.0 Å². The normalized spacial score (nSPS) is 16.2. The van der Waals surface area contributed by atoms with Crippen LogP contribution in [0.1, 0.15) is 34.6 Å². The minimum absolute atomic E-state index is 0.511. The number of carbonyl (C=O) groups excluding carboxylic acids is 4. The molecule has 0 saturated carbocycles. The molecule has 26 heavy (non-hydrogen) atoms. The van der Waals surface area contributed by atoms with Gasteiger partial charge in [0.2, 0.25) is 23.6 Å². The fourth-order valence-corrected chi connectivity index (χ4v) is 1.62. The van der Waals surface area contributed by atoms with Crippen molar-refractivity contribution >= 4 is 29.6 Å². The molecule has 0 heterocycles. The second-order valence-electron chi connectivity index (χ2n) is 6.05. The van der Waals surface area contributed by atoms with Crippen molar-refractivity contribution in [2.45, 2.75) is 64.8 Å². The van der Waals surface area contributed by atoms with Crippen LogP contribution in [0.5, 0.6) is 0 Å². The Labute approximate surface area is 151 Å². The van der Waals surface area contributed by atoms with E-state index in [0.717, 1.165) is 0 Å². The molecule has 0 fully saturated rings. The monoisotopic (exact) mass is 373 g/mol. The van der Waals surface area contributed by atoms with Crippen molar-refractivity contribution in [3.63, 3.8) is 0 Å². The van der Waals surface area contributed by atoms with Crippen LogP contribution >= 0.6 is 0 Å². The fourth-order valence-electron chi connectivity index (χ4n) is 1.62. The summed E-state index contributed by atoms with van der Waals surface area (Å²) in [5.41, 5.74) is 5.39. The first-order valence-corrected chi connectivity index (χ1v) is 8.06. The first-order chi connectivity index (χ1) is 11.9. The summed E-state index contributed by atoms with van der Waals surface area (Å²) in [6.45, 7) is 6.96. The zero-order chi connectivity index (χ0) is 20.6. The van der Waals surface area contributed by atoms with Crippen LogP contribution in [0.15, 0.2) is 0 Å². The number of amides is 4. The highest BCUT2D eigenvalue weighted by molar-refractivity contribution is 5.94. The highest BCUT2D eigenvalue weighted by atomic mass is 16.4. The second-order valence-corrected chi connectivity index (χ2v) is 6.05. The highest BCUT2D eigenvalue weighted by Gasteiger charge is 2.25. The van der Waals surface area contributed by atoms with Crippen molar-refractivity contribution in [1.29, 1.82) is 0 Å². The maximum Gasteiger partial charge on any atom is 0.325 e. The van der Waals surface area contributed by atoms with Crippen LogP contribution in [-0.4, -0.2) is 64.9 Å². The van der Waals surface area contributed by atoms with E-state index >= 15 is 0 Å². The van der Waals surface area contributed by atoms with E-state index in [0.29, 0.717) is 0 Å². The molecule has 0 aromatic carbocycles. The molecule has 0 aliphatic rings. The quantitative estimate of drug-likeness (QED) is 0.257. The molecule has 11 heteroatoms. The molecule has 0 unspecified atom stereocenters. The van der Waals surface area contributed by atoms with E-state index in [1.54, 1.807) is 0 Å². The van der Waals surface area contributed by atoms with Crippen LogP contribution < -0.4 is 27.0 Å². The van der Waals surface area contributed by atoms with Crippen molar-refractivity contribution in [3.05, 3.63) is 0 Å². The van der Waals surface area contributed by atoms with Gasteiger partial charge in [-0.2, -0.15) is 0 Å². The summed E-state index contributed by atoms with van der Waals surface area (Å²) in [7, 11) is 0. The van der Waals surface area contributed by atoms with E-state index in [1.165, 1.54) is 34.6 Å². The molecular formula is C15H27N5O6. The van der Waals surface area contributed by atoms with Crippen LogP contribution in [0.4, 0.5) is 0 Å². The van der Waals surface area contributed by atoms with Gasteiger partial charge >= 0.3 is 5.97 Å². The first-order valence-electron chi connectivity index (χ1n) is 8.06. The summed E-state index contributed by atoms with van der Waals surface area (Å²) < 4.78 is 0. The number of rotatable bonds is 9. The van der Waals surface area contributed by atoms with Crippen molar-refractivity contribution < 1.29 is 29.1 Å². The minimum Gasteiger partial charge on any atom is -0.480 e. The number of nitrogens with one attached hydrogen (secondary N) is 4. The Morgan fingerprint density at radius 2 is 0.885 bits per heavy atom. The third kappa shape index (κ3) is 7.92. The summed E-state index contributed by atoms with van der Waals surface area (Å²) in [4.78, 5) is 58.0. The van der Waals surface area contributed by atoms with E-state index in [1.807, 2.05) is 0 Å². The molecule has 4 amide bonds. The summed E-state index contributed by atoms with van der Waals surface area (Å²) >= 11 is 0. The lowest BCUT2D eigenvalue weighted by molar-refractivity contribution is -0.141. The number of aliphatic carboxylic acids is 1. The second kappa shape index (κ2) is 10.3. The molecule has 148 valence electrons. The van der Waals surface area contributed by atoms with Gasteiger partial charge in [-0.15, -0.1) is 0 Å². The van der Waals surface area contributed by atoms with Gasteiger partial charge < -0.3 is 32.1 Å². The molecule has 5 atom stereocenters. The minimum atomic E-state index is -1.21. The largest absolute Gasteiger partial charge is 0.480 e. The Bertz CT molecular complexity index is 565. The van der Waals surface area contributed by atoms with E-state index in [-0.39, 0.29) is 0 Å². The SMILES string of the molecule is C[C@H](N)C(=O)N[C@@H](C)C(=O)N[C@@H](C)C(=O)N[C@@H](C)C(=O)N[C@H](C)C(=O)O. The molecule has 0 aromatic heterocycles. The van der Waals surface area contributed by atoms with Gasteiger partial charge in [0.15, 0.2) is 0 Å². The van der Waals surface area contributed by atoms with Gasteiger partial charge in [0.25, 0.3) is 0 Å². The van der Waals surface area contributed by atoms with Crippen molar-refractivity contribution in [3.8, 4) is 0 Å². The summed E-state index contributed by atoms with van der Waals surface area (Å²) in [5.74, 6) is -3.64. The topological polar surface area (TPSA) is 180 Å². The average Bonchev–Trinajstić information content (AvgIpc) is 2.53. The van der Waals surface area contributed by atoms with Crippen molar-refractivity contribution in [2.75, 3.05) is 0 Å². The zero-order valence-corrected chi connectivity index (χ0v) is 15.5. The maximum absolute atomic E-state index is 12.0. The molecule has 11 nitrogen and oxygen atoms in total. The first kappa shape index (κ1) is 23.3. The average molecular weight is 373 g/mol. The van der Waals surface area contributed by atoms with Crippen LogP contribution in [-0.2, 0) is 24.0 Å². The molecule has 0 rings (SSSR count). The molecule has 0 radical (unpaired) electrons. The molecule has 0 aliphatic heterocycles. The van der Waals surface area contributed by atoms with Crippen LogP contribution in [0, 0.1) is 0 Å². The van der Waals surface area contributed by atoms with Crippen LogP contribution in [0.2, 0.25) is 0 Å². The highest BCUT2D eigenvalue weighted by Crippen LogP contribution is 1.92. The summed E-state index contributed by atoms with van der Waals surface area (Å²) in [6.07, 6.45) is 0. The lowest BCUT2D eigenvalue weighted by atomic mass is 10.2. The van der Waals surface area contributed by atoms with Crippen LogP contribution in [0.3, 0.4) is 0 Å². The predicted octanol–water partition coefficient (Wildman–Crippen LogP) is -2.56. The summed E-state index contributed by atoms with van der Waals surface area (Å²) in [6, 6.07) is -4.77. The lowest BCUT2D eigenvalue weighted by Gasteiger charge is -2.21. The third-order valence-corrected chi connectivity index (χ3v) is 3.40. The molecule has 0 spiro atoms. The number of nitrogens with two attached hydrogens (primary N) is 1. The predicted molar refractivity (Wildman–Crippen MR) is 91.7 cm³/mol. The smallest absolute Gasteiger partial charge is 0.325 e. The Balaban J connectivity index is 4.54.